The fourth-order valence-corrected chi connectivity index (χ4v) is 4.76. The van der Waals surface area contributed by atoms with Crippen LogP contribution < -0.4 is 10.6 Å². The molecule has 0 spiro atoms. The molecule has 1 aromatic rings. The molecule has 2 N–H and O–H groups in total. The highest BCUT2D eigenvalue weighted by molar-refractivity contribution is 7.99. The summed E-state index contributed by atoms with van der Waals surface area (Å²) >= 11 is 2.05. The number of amides is 2. The van der Waals surface area contributed by atoms with Crippen molar-refractivity contribution in [1.82, 2.24) is 15.5 Å². The molecular formula is C19H27N3O2S. The lowest BCUT2D eigenvalue weighted by Crippen LogP contribution is -2.45. The number of hydrogen-bond acceptors (Lipinski definition) is 4. The number of likely N-dealkylation sites (tertiary alicyclic amines) is 1. The average molecular weight is 362 g/mol. The Morgan fingerprint density at radius 2 is 1.76 bits per heavy atom. The van der Waals surface area contributed by atoms with Gasteiger partial charge in [-0.25, -0.2) is 0 Å². The lowest BCUT2D eigenvalue weighted by Gasteiger charge is -2.35. The van der Waals surface area contributed by atoms with E-state index in [4.69, 9.17) is 0 Å². The van der Waals surface area contributed by atoms with Gasteiger partial charge in [-0.3, -0.25) is 14.5 Å². The molecule has 0 radical (unpaired) electrons. The molecule has 1 atom stereocenters. The van der Waals surface area contributed by atoms with E-state index in [9.17, 15) is 9.59 Å². The van der Waals surface area contributed by atoms with Crippen LogP contribution in [0.15, 0.2) is 30.3 Å². The molecule has 25 heavy (non-hydrogen) atoms. The van der Waals surface area contributed by atoms with Gasteiger partial charge in [-0.05, 0) is 49.6 Å². The minimum absolute atomic E-state index is 0.380. The first-order valence-corrected chi connectivity index (χ1v) is 10.3. The normalized spacial score (nSPS) is 21.8. The monoisotopic (exact) mass is 361 g/mol. The Morgan fingerprint density at radius 1 is 1.04 bits per heavy atom. The highest BCUT2D eigenvalue weighted by atomic mass is 32.2. The van der Waals surface area contributed by atoms with Crippen molar-refractivity contribution in [1.29, 1.82) is 0 Å². The lowest BCUT2D eigenvalue weighted by molar-refractivity contribution is -0.139. The van der Waals surface area contributed by atoms with E-state index < -0.39 is 11.8 Å². The third-order valence-electron chi connectivity index (χ3n) is 5.12. The summed E-state index contributed by atoms with van der Waals surface area (Å²) < 4.78 is 0. The van der Waals surface area contributed by atoms with E-state index in [1.165, 1.54) is 17.9 Å². The van der Waals surface area contributed by atoms with Gasteiger partial charge in [-0.1, -0.05) is 30.3 Å². The van der Waals surface area contributed by atoms with E-state index in [0.717, 1.165) is 37.5 Å². The summed E-state index contributed by atoms with van der Waals surface area (Å²) in [7, 11) is 0. The summed E-state index contributed by atoms with van der Waals surface area (Å²) in [6.07, 6.45) is 3.52. The molecule has 6 heteroatoms. The Hall–Kier alpha value is -1.53. The molecule has 3 rings (SSSR count). The quantitative estimate of drug-likeness (QED) is 0.783. The van der Waals surface area contributed by atoms with E-state index >= 15 is 0 Å². The molecule has 2 heterocycles. The number of nitrogens with zero attached hydrogens (tertiary/aromatic N) is 1. The Balaban J connectivity index is 1.33. The number of carbonyl (C=O) groups excluding carboxylic acids is 2. The fourth-order valence-electron chi connectivity index (χ4n) is 3.51. The summed E-state index contributed by atoms with van der Waals surface area (Å²) in [6, 6.07) is 10.4. The van der Waals surface area contributed by atoms with Crippen LogP contribution in [-0.2, 0) is 16.1 Å². The Morgan fingerprint density at radius 3 is 2.44 bits per heavy atom. The van der Waals surface area contributed by atoms with Crippen molar-refractivity contribution in [2.75, 3.05) is 31.1 Å². The van der Waals surface area contributed by atoms with Gasteiger partial charge >= 0.3 is 11.8 Å². The second-order valence-electron chi connectivity index (χ2n) is 6.88. The average Bonchev–Trinajstić information content (AvgIpc) is 3.20. The predicted molar refractivity (Wildman–Crippen MR) is 101 cm³/mol. The predicted octanol–water partition coefficient (Wildman–Crippen LogP) is 1.64. The molecule has 0 aliphatic carbocycles. The SMILES string of the molecule is O=C(NCc1ccccc1)C(=O)NCC1CCN(C2CCSC2)CC1. The van der Waals surface area contributed by atoms with E-state index in [2.05, 4.69) is 27.3 Å². The zero-order chi connectivity index (χ0) is 17.5. The molecule has 2 saturated heterocycles. The molecule has 0 bridgehead atoms. The maximum absolute atomic E-state index is 11.9. The molecule has 0 saturated carbocycles. The van der Waals surface area contributed by atoms with Gasteiger partial charge in [0, 0.05) is 24.9 Å². The first-order valence-electron chi connectivity index (χ1n) is 9.14. The van der Waals surface area contributed by atoms with Crippen LogP contribution in [-0.4, -0.2) is 53.9 Å². The molecule has 0 aromatic heterocycles. The third kappa shape index (κ3) is 5.47. The van der Waals surface area contributed by atoms with Gasteiger partial charge in [0.1, 0.15) is 0 Å². The van der Waals surface area contributed by atoms with Crippen molar-refractivity contribution in [3.8, 4) is 0 Å². The third-order valence-corrected chi connectivity index (χ3v) is 6.27. The second kappa shape index (κ2) is 9.25. The number of thioether (sulfide) groups is 1. The Kier molecular flexibility index (Phi) is 6.76. The molecular weight excluding hydrogens is 334 g/mol. The molecule has 2 aliphatic rings. The number of rotatable bonds is 5. The summed E-state index contributed by atoms with van der Waals surface area (Å²) in [5.41, 5.74) is 0.987. The number of benzene rings is 1. The van der Waals surface area contributed by atoms with Crippen LogP contribution in [0.3, 0.4) is 0 Å². The molecule has 2 amide bonds. The van der Waals surface area contributed by atoms with Gasteiger partial charge in [0.15, 0.2) is 0 Å². The van der Waals surface area contributed by atoms with E-state index in [-0.39, 0.29) is 0 Å². The summed E-state index contributed by atoms with van der Waals surface area (Å²) in [5, 5.41) is 5.47. The molecule has 2 aliphatic heterocycles. The van der Waals surface area contributed by atoms with Gasteiger partial charge in [0.2, 0.25) is 0 Å². The first-order chi connectivity index (χ1) is 12.2. The maximum Gasteiger partial charge on any atom is 0.309 e. The molecule has 1 aromatic carbocycles. The minimum atomic E-state index is -0.552. The number of nitrogens with one attached hydrogen (secondary N) is 2. The van der Waals surface area contributed by atoms with Gasteiger partial charge in [-0.2, -0.15) is 11.8 Å². The van der Waals surface area contributed by atoms with Crippen molar-refractivity contribution in [2.45, 2.75) is 31.8 Å². The number of carbonyl (C=O) groups is 2. The molecule has 2 fully saturated rings. The zero-order valence-corrected chi connectivity index (χ0v) is 15.4. The molecule has 136 valence electrons. The largest absolute Gasteiger partial charge is 0.348 e. The van der Waals surface area contributed by atoms with Gasteiger partial charge in [0.05, 0.1) is 0 Å². The van der Waals surface area contributed by atoms with Gasteiger partial charge < -0.3 is 10.6 Å². The highest BCUT2D eigenvalue weighted by Gasteiger charge is 2.27. The van der Waals surface area contributed by atoms with Crippen LogP contribution in [0.5, 0.6) is 0 Å². The van der Waals surface area contributed by atoms with E-state index in [0.29, 0.717) is 19.0 Å². The maximum atomic E-state index is 11.9. The second-order valence-corrected chi connectivity index (χ2v) is 8.02. The van der Waals surface area contributed by atoms with Crippen molar-refractivity contribution in [3.05, 3.63) is 35.9 Å². The topological polar surface area (TPSA) is 61.4 Å². The van der Waals surface area contributed by atoms with E-state index in [1.807, 2.05) is 30.3 Å². The van der Waals surface area contributed by atoms with Crippen LogP contribution >= 0.6 is 11.8 Å². The first kappa shape index (κ1) is 18.3. The van der Waals surface area contributed by atoms with Crippen LogP contribution in [0.25, 0.3) is 0 Å². The van der Waals surface area contributed by atoms with Gasteiger partial charge in [0.25, 0.3) is 0 Å². The van der Waals surface area contributed by atoms with Crippen molar-refractivity contribution >= 4 is 23.6 Å². The summed E-state index contributed by atoms with van der Waals surface area (Å²) in [6.45, 7) is 3.22. The Bertz CT molecular complexity index is 567. The molecule has 5 nitrogen and oxygen atoms in total. The van der Waals surface area contributed by atoms with Crippen LogP contribution in [0.1, 0.15) is 24.8 Å². The van der Waals surface area contributed by atoms with Crippen LogP contribution in [0.2, 0.25) is 0 Å². The van der Waals surface area contributed by atoms with Crippen molar-refractivity contribution < 1.29 is 9.59 Å². The molecule has 1 unspecified atom stereocenters. The highest BCUT2D eigenvalue weighted by Crippen LogP contribution is 2.26. The van der Waals surface area contributed by atoms with E-state index in [1.54, 1.807) is 0 Å². The van der Waals surface area contributed by atoms with Crippen molar-refractivity contribution in [2.24, 2.45) is 5.92 Å². The van der Waals surface area contributed by atoms with Crippen LogP contribution in [0, 0.1) is 5.92 Å². The standard InChI is InChI=1S/C19H27N3O2S/c23-18(20-12-15-4-2-1-3-5-15)19(24)21-13-16-6-9-22(10-7-16)17-8-11-25-14-17/h1-5,16-17H,6-14H2,(H,20,23)(H,21,24). The van der Waals surface area contributed by atoms with Crippen molar-refractivity contribution in [3.63, 3.8) is 0 Å². The van der Waals surface area contributed by atoms with Crippen LogP contribution in [0.4, 0.5) is 0 Å². The summed E-state index contributed by atoms with van der Waals surface area (Å²) in [4.78, 5) is 26.4. The zero-order valence-electron chi connectivity index (χ0n) is 14.6. The Labute approximate surface area is 153 Å². The summed E-state index contributed by atoms with van der Waals surface area (Å²) in [5.74, 6) is 1.97. The number of hydrogen-bond donors (Lipinski definition) is 2. The smallest absolute Gasteiger partial charge is 0.309 e. The number of piperidine rings is 1. The minimum Gasteiger partial charge on any atom is -0.348 e. The lowest BCUT2D eigenvalue weighted by atomic mass is 9.95. The van der Waals surface area contributed by atoms with Gasteiger partial charge in [-0.15, -0.1) is 0 Å². The fraction of sp³-hybridized carbons (Fsp3) is 0.579.